The van der Waals surface area contributed by atoms with Crippen molar-refractivity contribution in [2.24, 2.45) is 0 Å². The van der Waals surface area contributed by atoms with Crippen LogP contribution in [0.4, 0.5) is 19.0 Å². The molecule has 0 spiro atoms. The highest BCUT2D eigenvalue weighted by Gasteiger charge is 2.34. The van der Waals surface area contributed by atoms with E-state index in [1.54, 1.807) is 0 Å². The van der Waals surface area contributed by atoms with Gasteiger partial charge in [0.2, 0.25) is 5.28 Å². The van der Waals surface area contributed by atoms with Crippen LogP contribution in [0.5, 0.6) is 0 Å². The van der Waals surface area contributed by atoms with E-state index in [0.717, 1.165) is 38.5 Å². The lowest BCUT2D eigenvalue weighted by Crippen LogP contribution is -2.42. The van der Waals surface area contributed by atoms with E-state index in [2.05, 4.69) is 27.1 Å². The molecule has 0 amide bonds. The number of aromatic nitrogens is 2. The third-order valence-corrected chi connectivity index (χ3v) is 3.46. The zero-order valence-corrected chi connectivity index (χ0v) is 11.8. The summed E-state index contributed by atoms with van der Waals surface area (Å²) in [5.41, 5.74) is -1.02. The topological polar surface area (TPSA) is 41.0 Å². The van der Waals surface area contributed by atoms with Crippen molar-refractivity contribution in [2.75, 3.05) is 25.0 Å². The van der Waals surface area contributed by atoms with Crippen molar-refractivity contribution in [1.82, 2.24) is 14.9 Å². The van der Waals surface area contributed by atoms with Gasteiger partial charge in [0, 0.05) is 18.7 Å². The summed E-state index contributed by atoms with van der Waals surface area (Å²) >= 11 is 5.56. The Labute approximate surface area is 120 Å². The summed E-state index contributed by atoms with van der Waals surface area (Å²) in [6.45, 7) is 4.80. The summed E-state index contributed by atoms with van der Waals surface area (Å²) in [5.74, 6) is 0.125. The molecule has 0 radical (unpaired) electrons. The Balaban J connectivity index is 2.11. The van der Waals surface area contributed by atoms with Gasteiger partial charge in [-0.2, -0.15) is 13.2 Å². The van der Waals surface area contributed by atoms with E-state index in [1.807, 2.05) is 0 Å². The molecule has 2 rings (SSSR count). The van der Waals surface area contributed by atoms with Crippen molar-refractivity contribution in [1.29, 1.82) is 0 Å². The monoisotopic (exact) mass is 308 g/mol. The van der Waals surface area contributed by atoms with Gasteiger partial charge in [-0.25, -0.2) is 9.97 Å². The van der Waals surface area contributed by atoms with Crippen molar-refractivity contribution in [3.8, 4) is 0 Å². The molecule has 0 aromatic carbocycles. The van der Waals surface area contributed by atoms with E-state index in [1.165, 1.54) is 0 Å². The van der Waals surface area contributed by atoms with E-state index in [9.17, 15) is 13.2 Å². The average molecular weight is 309 g/mol. The molecule has 1 aliphatic rings. The van der Waals surface area contributed by atoms with Crippen molar-refractivity contribution in [3.63, 3.8) is 0 Å². The predicted molar refractivity (Wildman–Crippen MR) is 70.8 cm³/mol. The summed E-state index contributed by atoms with van der Waals surface area (Å²) in [4.78, 5) is 9.27. The maximum atomic E-state index is 12.7. The lowest BCUT2D eigenvalue weighted by atomic mass is 10.1. The summed E-state index contributed by atoms with van der Waals surface area (Å²) in [6, 6.07) is 0.979. The second-order valence-electron chi connectivity index (χ2n) is 4.78. The van der Waals surface area contributed by atoms with Gasteiger partial charge in [0.15, 0.2) is 5.69 Å². The van der Waals surface area contributed by atoms with Crippen LogP contribution in [0.2, 0.25) is 5.28 Å². The predicted octanol–water partition coefficient (Wildman–Crippen LogP) is 3.05. The molecule has 1 atom stereocenters. The first kappa shape index (κ1) is 15.3. The van der Waals surface area contributed by atoms with Crippen molar-refractivity contribution in [3.05, 3.63) is 17.0 Å². The molecular formula is C12H16ClF3N4. The maximum absolute atomic E-state index is 12.7. The first-order chi connectivity index (χ1) is 9.38. The number of alkyl halides is 3. The number of hydrogen-bond donors (Lipinski definition) is 1. The molecule has 4 nitrogen and oxygen atoms in total. The highest BCUT2D eigenvalue weighted by atomic mass is 35.5. The molecule has 20 heavy (non-hydrogen) atoms. The summed E-state index contributed by atoms with van der Waals surface area (Å²) in [6.07, 6.45) is -2.61. The highest BCUT2D eigenvalue weighted by Crippen LogP contribution is 2.30. The van der Waals surface area contributed by atoms with Gasteiger partial charge >= 0.3 is 6.18 Å². The second kappa shape index (κ2) is 6.13. The minimum Gasteiger partial charge on any atom is -0.366 e. The summed E-state index contributed by atoms with van der Waals surface area (Å²) in [7, 11) is 0. The molecule has 2 heterocycles. The van der Waals surface area contributed by atoms with Crippen molar-refractivity contribution < 1.29 is 13.2 Å². The molecule has 0 saturated carbocycles. The number of rotatable bonds is 3. The van der Waals surface area contributed by atoms with Crippen LogP contribution in [-0.2, 0) is 6.18 Å². The molecule has 1 unspecified atom stereocenters. The van der Waals surface area contributed by atoms with E-state index < -0.39 is 17.2 Å². The zero-order chi connectivity index (χ0) is 14.8. The van der Waals surface area contributed by atoms with Crippen LogP contribution in [0, 0.1) is 0 Å². The number of piperidine rings is 1. The Morgan fingerprint density at radius 1 is 1.45 bits per heavy atom. The standard InChI is InChI=1S/C12H16ClF3N4/c1-2-20-5-3-4-8(7-20)17-10-6-9(12(14,15)16)18-11(13)19-10/h6,8H,2-5,7H2,1H3,(H,17,18,19). The van der Waals surface area contributed by atoms with Gasteiger partial charge < -0.3 is 10.2 Å². The SMILES string of the molecule is CCN1CCCC(Nc2cc(C(F)(F)F)nc(Cl)n2)C1. The smallest absolute Gasteiger partial charge is 0.366 e. The fraction of sp³-hybridized carbons (Fsp3) is 0.667. The third-order valence-electron chi connectivity index (χ3n) is 3.29. The van der Waals surface area contributed by atoms with Gasteiger partial charge in [0.25, 0.3) is 0 Å². The quantitative estimate of drug-likeness (QED) is 0.871. The highest BCUT2D eigenvalue weighted by molar-refractivity contribution is 6.28. The van der Waals surface area contributed by atoms with Crippen LogP contribution >= 0.6 is 11.6 Å². The van der Waals surface area contributed by atoms with Crippen molar-refractivity contribution >= 4 is 17.4 Å². The molecule has 1 saturated heterocycles. The lowest BCUT2D eigenvalue weighted by Gasteiger charge is -2.32. The number of hydrogen-bond acceptors (Lipinski definition) is 4. The third kappa shape index (κ3) is 3.96. The summed E-state index contributed by atoms with van der Waals surface area (Å²) < 4.78 is 38.0. The summed E-state index contributed by atoms with van der Waals surface area (Å²) in [5, 5.41) is 2.62. The van der Waals surface area contributed by atoms with Gasteiger partial charge in [0.1, 0.15) is 5.82 Å². The Kier molecular flexibility index (Phi) is 4.70. The number of anilines is 1. The molecular weight excluding hydrogens is 293 g/mol. The molecule has 0 bridgehead atoms. The van der Waals surface area contributed by atoms with Gasteiger partial charge in [0.05, 0.1) is 0 Å². The van der Waals surface area contributed by atoms with Crippen molar-refractivity contribution in [2.45, 2.75) is 32.0 Å². The first-order valence-corrected chi connectivity index (χ1v) is 6.87. The maximum Gasteiger partial charge on any atom is 0.433 e. The molecule has 1 aromatic rings. The van der Waals surface area contributed by atoms with Gasteiger partial charge in [-0.3, -0.25) is 0 Å². The number of nitrogens with zero attached hydrogens (tertiary/aromatic N) is 3. The van der Waals surface area contributed by atoms with E-state index in [-0.39, 0.29) is 11.9 Å². The lowest BCUT2D eigenvalue weighted by molar-refractivity contribution is -0.141. The van der Waals surface area contributed by atoms with Gasteiger partial charge in [-0.15, -0.1) is 0 Å². The molecule has 112 valence electrons. The molecule has 8 heteroatoms. The fourth-order valence-corrected chi connectivity index (χ4v) is 2.49. The van der Waals surface area contributed by atoms with Crippen LogP contribution in [0.1, 0.15) is 25.5 Å². The van der Waals surface area contributed by atoms with Crippen LogP contribution in [0.25, 0.3) is 0 Å². The Morgan fingerprint density at radius 2 is 2.20 bits per heavy atom. The van der Waals surface area contributed by atoms with Crippen LogP contribution in [-0.4, -0.2) is 40.5 Å². The average Bonchev–Trinajstić information content (AvgIpc) is 2.37. The normalized spacial score (nSPS) is 20.9. The van der Waals surface area contributed by atoms with E-state index >= 15 is 0 Å². The Hall–Kier alpha value is -1.08. The number of nitrogens with one attached hydrogen (secondary N) is 1. The Morgan fingerprint density at radius 3 is 2.85 bits per heavy atom. The van der Waals surface area contributed by atoms with E-state index in [4.69, 9.17) is 11.6 Å². The minimum absolute atomic E-state index is 0.0794. The number of likely N-dealkylation sites (tertiary alicyclic amines) is 1. The zero-order valence-electron chi connectivity index (χ0n) is 11.0. The largest absolute Gasteiger partial charge is 0.433 e. The van der Waals surface area contributed by atoms with Crippen LogP contribution in [0.15, 0.2) is 6.07 Å². The second-order valence-corrected chi connectivity index (χ2v) is 5.12. The molecule has 1 aromatic heterocycles. The molecule has 1 N–H and O–H groups in total. The number of likely N-dealkylation sites (N-methyl/N-ethyl adjacent to an activating group) is 1. The minimum atomic E-state index is -4.52. The fourth-order valence-electron chi connectivity index (χ4n) is 2.31. The van der Waals surface area contributed by atoms with Gasteiger partial charge in [-0.05, 0) is 37.5 Å². The first-order valence-electron chi connectivity index (χ1n) is 6.49. The van der Waals surface area contributed by atoms with Gasteiger partial charge in [-0.1, -0.05) is 6.92 Å². The Bertz CT molecular complexity index is 467. The molecule has 0 aliphatic carbocycles. The van der Waals surface area contributed by atoms with E-state index in [0.29, 0.717) is 0 Å². The van der Waals surface area contributed by atoms with Crippen LogP contribution < -0.4 is 5.32 Å². The number of halogens is 4. The molecule has 1 aliphatic heterocycles. The molecule has 1 fully saturated rings. The van der Waals surface area contributed by atoms with Crippen LogP contribution in [0.3, 0.4) is 0 Å².